The molecule has 2 aromatic carbocycles. The van der Waals surface area contributed by atoms with Crippen LogP contribution in [0.3, 0.4) is 0 Å². The van der Waals surface area contributed by atoms with Crippen LogP contribution < -0.4 is 10.2 Å². The van der Waals surface area contributed by atoms with Crippen LogP contribution in [0, 0.1) is 26.6 Å². The van der Waals surface area contributed by atoms with E-state index >= 15 is 0 Å². The van der Waals surface area contributed by atoms with E-state index in [0.717, 1.165) is 22.8 Å². The molecule has 4 nitrogen and oxygen atoms in total. The monoisotopic (exact) mass is 456 g/mol. The van der Waals surface area contributed by atoms with Crippen molar-refractivity contribution in [2.75, 3.05) is 4.90 Å². The highest BCUT2D eigenvalue weighted by atomic mass is 32.1. The molecule has 2 aromatic heterocycles. The first-order chi connectivity index (χ1) is 15.9. The van der Waals surface area contributed by atoms with Gasteiger partial charge in [0.2, 0.25) is 0 Å². The number of hydrogen-bond acceptors (Lipinski definition) is 2. The van der Waals surface area contributed by atoms with Gasteiger partial charge < -0.3 is 14.8 Å². The maximum absolute atomic E-state index is 14.1. The zero-order valence-corrected chi connectivity index (χ0v) is 19.6. The summed E-state index contributed by atoms with van der Waals surface area (Å²) < 4.78 is 16.3. The van der Waals surface area contributed by atoms with Crippen LogP contribution >= 0.6 is 12.2 Å². The number of nitrogens with one attached hydrogen (secondary N) is 1. The largest absolute Gasteiger partial charge is 0.351 e. The summed E-state index contributed by atoms with van der Waals surface area (Å²) in [6, 6.07) is 21.3. The molecule has 0 aliphatic carbocycles. The highest BCUT2D eigenvalue weighted by Crippen LogP contribution is 2.42. The topological polar surface area (TPSA) is 33.1 Å². The lowest BCUT2D eigenvalue weighted by Crippen LogP contribution is -2.30. The third kappa shape index (κ3) is 3.80. The average Bonchev–Trinajstić information content (AvgIpc) is 3.42. The molecule has 0 spiro atoms. The minimum absolute atomic E-state index is 0.163. The smallest absolute Gasteiger partial charge is 0.174 e. The zero-order valence-electron chi connectivity index (χ0n) is 18.8. The normalized spacial score (nSPS) is 17.9. The Bertz CT molecular complexity index is 1330. The molecule has 1 fully saturated rings. The van der Waals surface area contributed by atoms with Crippen LogP contribution in [0.1, 0.15) is 40.2 Å². The summed E-state index contributed by atoms with van der Waals surface area (Å²) in [7, 11) is 0. The summed E-state index contributed by atoms with van der Waals surface area (Å²) >= 11 is 5.81. The van der Waals surface area contributed by atoms with Gasteiger partial charge in [-0.1, -0.05) is 12.1 Å². The van der Waals surface area contributed by atoms with Gasteiger partial charge in [-0.25, -0.2) is 4.39 Å². The maximum atomic E-state index is 14.1. The molecule has 33 heavy (non-hydrogen) atoms. The number of halogens is 1. The van der Waals surface area contributed by atoms with E-state index in [0.29, 0.717) is 10.7 Å². The number of benzene rings is 2. The maximum Gasteiger partial charge on any atom is 0.174 e. The fourth-order valence-electron chi connectivity index (χ4n) is 4.46. The molecule has 5 rings (SSSR count). The minimum Gasteiger partial charge on any atom is -0.351 e. The Balaban J connectivity index is 1.68. The van der Waals surface area contributed by atoms with E-state index in [1.54, 1.807) is 19.2 Å². The van der Waals surface area contributed by atoms with Crippen molar-refractivity contribution in [1.29, 1.82) is 0 Å². The SMILES string of the molecule is Cc1ccc(-n2cccc2[C@H]2[C@H](c3ccccn3)NC(=S)N2c2ccc(F)c(C)c2)cc1C. The number of nitrogens with zero attached hydrogens (tertiary/aromatic N) is 3. The van der Waals surface area contributed by atoms with Crippen molar-refractivity contribution in [3.63, 3.8) is 0 Å². The molecule has 0 unspecified atom stereocenters. The molecule has 1 N–H and O–H groups in total. The summed E-state index contributed by atoms with van der Waals surface area (Å²) in [5.74, 6) is -0.229. The molecule has 2 atom stereocenters. The Morgan fingerprint density at radius 2 is 1.67 bits per heavy atom. The number of rotatable bonds is 4. The van der Waals surface area contributed by atoms with Crippen molar-refractivity contribution in [1.82, 2.24) is 14.9 Å². The number of aromatic nitrogens is 2. The van der Waals surface area contributed by atoms with E-state index < -0.39 is 0 Å². The van der Waals surface area contributed by atoms with E-state index in [2.05, 4.69) is 70.1 Å². The number of thiocarbonyl (C=S) groups is 1. The van der Waals surface area contributed by atoms with Gasteiger partial charge in [-0.15, -0.1) is 0 Å². The molecule has 6 heteroatoms. The first-order valence-electron chi connectivity index (χ1n) is 11.0. The molecule has 1 saturated heterocycles. The van der Waals surface area contributed by atoms with Crippen LogP contribution in [0.4, 0.5) is 10.1 Å². The minimum atomic E-state index is -0.229. The Kier molecular flexibility index (Phi) is 5.46. The Hall–Kier alpha value is -3.51. The van der Waals surface area contributed by atoms with Gasteiger partial charge in [0.05, 0.1) is 11.7 Å². The van der Waals surface area contributed by atoms with Crippen LogP contribution in [0.25, 0.3) is 5.69 Å². The van der Waals surface area contributed by atoms with Crippen molar-refractivity contribution in [2.24, 2.45) is 0 Å². The van der Waals surface area contributed by atoms with Gasteiger partial charge in [-0.05, 0) is 104 Å². The number of hydrogen-bond donors (Lipinski definition) is 1. The van der Waals surface area contributed by atoms with E-state index in [9.17, 15) is 4.39 Å². The molecule has 0 bridgehead atoms. The molecular formula is C27H25FN4S. The Labute approximate surface area is 198 Å². The fourth-order valence-corrected chi connectivity index (χ4v) is 4.80. The van der Waals surface area contributed by atoms with Crippen LogP contribution in [0.15, 0.2) is 79.1 Å². The van der Waals surface area contributed by atoms with Crippen molar-refractivity contribution in [3.8, 4) is 5.69 Å². The van der Waals surface area contributed by atoms with Gasteiger partial charge in [0.25, 0.3) is 0 Å². The lowest BCUT2D eigenvalue weighted by molar-refractivity contribution is 0.549. The van der Waals surface area contributed by atoms with Crippen LogP contribution in [-0.4, -0.2) is 14.7 Å². The summed E-state index contributed by atoms with van der Waals surface area (Å²) in [6.45, 7) is 6.01. The van der Waals surface area contributed by atoms with Crippen molar-refractivity contribution in [3.05, 3.63) is 113 Å². The van der Waals surface area contributed by atoms with Gasteiger partial charge in [-0.2, -0.15) is 0 Å². The summed E-state index contributed by atoms with van der Waals surface area (Å²) in [5.41, 5.74) is 6.99. The Morgan fingerprint density at radius 1 is 0.879 bits per heavy atom. The second-order valence-corrected chi connectivity index (χ2v) is 8.89. The second kappa shape index (κ2) is 8.45. The predicted octanol–water partition coefficient (Wildman–Crippen LogP) is 6.11. The quantitative estimate of drug-likeness (QED) is 0.376. The molecular weight excluding hydrogens is 431 g/mol. The molecule has 1 aliphatic rings. The van der Waals surface area contributed by atoms with E-state index in [4.69, 9.17) is 12.2 Å². The van der Waals surface area contributed by atoms with Gasteiger partial charge in [0.15, 0.2) is 5.11 Å². The third-order valence-corrected chi connectivity index (χ3v) is 6.68. The van der Waals surface area contributed by atoms with E-state index in [-0.39, 0.29) is 17.9 Å². The molecule has 0 amide bonds. The molecule has 0 radical (unpaired) electrons. The molecule has 4 aromatic rings. The van der Waals surface area contributed by atoms with Crippen LogP contribution in [0.5, 0.6) is 0 Å². The molecule has 166 valence electrons. The van der Waals surface area contributed by atoms with Gasteiger partial charge in [0, 0.05) is 29.5 Å². The summed E-state index contributed by atoms with van der Waals surface area (Å²) in [6.07, 6.45) is 3.87. The lowest BCUT2D eigenvalue weighted by atomic mass is 10.00. The zero-order chi connectivity index (χ0) is 23.1. The number of anilines is 1. The van der Waals surface area contributed by atoms with Crippen LogP contribution in [0.2, 0.25) is 0 Å². The third-order valence-electron chi connectivity index (χ3n) is 6.37. The first kappa shape index (κ1) is 21.3. The van der Waals surface area contributed by atoms with E-state index in [1.165, 1.54) is 17.2 Å². The van der Waals surface area contributed by atoms with E-state index in [1.807, 2.05) is 24.3 Å². The first-order valence-corrected chi connectivity index (χ1v) is 11.4. The average molecular weight is 457 g/mol. The Morgan fingerprint density at radius 3 is 2.39 bits per heavy atom. The standard InChI is InChI=1S/C27H25FN4S/c1-17-9-10-20(15-18(17)2)31-14-6-8-24(31)26-25(23-7-4-5-13-29-23)30-27(33)32(26)21-11-12-22(28)19(3)16-21/h4-16,25-26H,1-3H3,(H,30,33)/t25-,26-/m0/s1. The van der Waals surface area contributed by atoms with Crippen molar-refractivity contribution in [2.45, 2.75) is 32.9 Å². The highest BCUT2D eigenvalue weighted by molar-refractivity contribution is 7.80. The molecule has 3 heterocycles. The van der Waals surface area contributed by atoms with Crippen LogP contribution in [-0.2, 0) is 0 Å². The summed E-state index contributed by atoms with van der Waals surface area (Å²) in [4.78, 5) is 6.70. The lowest BCUT2D eigenvalue weighted by Gasteiger charge is -2.29. The predicted molar refractivity (Wildman–Crippen MR) is 134 cm³/mol. The molecule has 0 saturated carbocycles. The van der Waals surface area contributed by atoms with Gasteiger partial charge in [-0.3, -0.25) is 4.98 Å². The van der Waals surface area contributed by atoms with Gasteiger partial charge in [0.1, 0.15) is 11.9 Å². The summed E-state index contributed by atoms with van der Waals surface area (Å²) in [5, 5.41) is 4.07. The number of aryl methyl sites for hydroxylation is 3. The van der Waals surface area contributed by atoms with Gasteiger partial charge >= 0.3 is 0 Å². The number of pyridine rings is 1. The molecule has 1 aliphatic heterocycles. The fraction of sp³-hybridized carbons (Fsp3) is 0.185. The highest BCUT2D eigenvalue weighted by Gasteiger charge is 2.42. The van der Waals surface area contributed by atoms with Crippen molar-refractivity contribution >= 4 is 23.0 Å². The van der Waals surface area contributed by atoms with Crippen molar-refractivity contribution < 1.29 is 4.39 Å². The second-order valence-electron chi connectivity index (χ2n) is 8.50.